The SMILES string of the molecule is CC(=O)Cn1c(SCc2ccccn2)nc2ccccc21. The van der Waals surface area contributed by atoms with Gasteiger partial charge in [0.2, 0.25) is 0 Å². The molecule has 3 aromatic rings. The van der Waals surface area contributed by atoms with Crippen LogP contribution >= 0.6 is 11.8 Å². The fourth-order valence-electron chi connectivity index (χ4n) is 2.16. The number of ketones is 1. The van der Waals surface area contributed by atoms with Crippen LogP contribution in [0.1, 0.15) is 12.6 Å². The van der Waals surface area contributed by atoms with Crippen LogP contribution in [0.5, 0.6) is 0 Å². The number of benzene rings is 1. The summed E-state index contributed by atoms with van der Waals surface area (Å²) in [5, 5.41) is 0.858. The molecule has 0 saturated carbocycles. The molecule has 21 heavy (non-hydrogen) atoms. The second-order valence-corrected chi connectivity index (χ2v) is 5.72. The first-order valence-electron chi connectivity index (χ1n) is 6.71. The summed E-state index contributed by atoms with van der Waals surface area (Å²) < 4.78 is 1.98. The van der Waals surface area contributed by atoms with E-state index in [4.69, 9.17) is 0 Å². The van der Waals surface area contributed by atoms with Gasteiger partial charge in [-0.15, -0.1) is 0 Å². The molecule has 4 nitrogen and oxygen atoms in total. The number of rotatable bonds is 5. The van der Waals surface area contributed by atoms with Gasteiger partial charge in [-0.3, -0.25) is 9.78 Å². The van der Waals surface area contributed by atoms with E-state index in [0.717, 1.165) is 27.6 Å². The standard InChI is InChI=1S/C16H15N3OS/c1-12(20)10-19-15-8-3-2-7-14(15)18-16(19)21-11-13-6-4-5-9-17-13/h2-9H,10-11H2,1H3. The van der Waals surface area contributed by atoms with Crippen LogP contribution < -0.4 is 0 Å². The van der Waals surface area contributed by atoms with Crippen LogP contribution in [-0.2, 0) is 17.1 Å². The van der Waals surface area contributed by atoms with Crippen LogP contribution in [0.2, 0.25) is 0 Å². The maximum Gasteiger partial charge on any atom is 0.169 e. The molecule has 0 saturated heterocycles. The van der Waals surface area contributed by atoms with Gasteiger partial charge in [0.25, 0.3) is 0 Å². The lowest BCUT2D eigenvalue weighted by molar-refractivity contribution is -0.117. The molecule has 0 aliphatic heterocycles. The van der Waals surface area contributed by atoms with Crippen LogP contribution in [-0.4, -0.2) is 20.3 Å². The highest BCUT2D eigenvalue weighted by molar-refractivity contribution is 7.98. The van der Waals surface area contributed by atoms with Crippen molar-refractivity contribution in [2.45, 2.75) is 24.4 Å². The molecule has 0 atom stereocenters. The van der Waals surface area contributed by atoms with Crippen molar-refractivity contribution in [3.05, 3.63) is 54.4 Å². The molecule has 0 bridgehead atoms. The number of carbonyl (C=O) groups excluding carboxylic acids is 1. The van der Waals surface area contributed by atoms with Crippen molar-refractivity contribution < 1.29 is 4.79 Å². The quantitative estimate of drug-likeness (QED) is 0.678. The summed E-state index contributed by atoms with van der Waals surface area (Å²) in [7, 11) is 0. The Balaban J connectivity index is 1.91. The average molecular weight is 297 g/mol. The summed E-state index contributed by atoms with van der Waals surface area (Å²) in [6.07, 6.45) is 1.79. The summed E-state index contributed by atoms with van der Waals surface area (Å²) in [6, 6.07) is 13.8. The number of hydrogen-bond acceptors (Lipinski definition) is 4. The van der Waals surface area contributed by atoms with Crippen molar-refractivity contribution in [1.29, 1.82) is 0 Å². The molecule has 0 spiro atoms. The van der Waals surface area contributed by atoms with E-state index >= 15 is 0 Å². The summed E-state index contributed by atoms with van der Waals surface area (Å²) in [6.45, 7) is 1.95. The van der Waals surface area contributed by atoms with Gasteiger partial charge < -0.3 is 4.57 Å². The van der Waals surface area contributed by atoms with Crippen LogP contribution in [0.15, 0.2) is 53.8 Å². The average Bonchev–Trinajstić information content (AvgIpc) is 2.84. The molecule has 2 aromatic heterocycles. The van der Waals surface area contributed by atoms with Crippen LogP contribution in [0, 0.1) is 0 Å². The Morgan fingerprint density at radius 3 is 2.76 bits per heavy atom. The van der Waals surface area contributed by atoms with Crippen molar-refractivity contribution in [3.63, 3.8) is 0 Å². The summed E-state index contributed by atoms with van der Waals surface area (Å²) >= 11 is 1.60. The Morgan fingerprint density at radius 1 is 1.19 bits per heavy atom. The number of nitrogens with zero attached hydrogens (tertiary/aromatic N) is 3. The van der Waals surface area contributed by atoms with Gasteiger partial charge in [0.1, 0.15) is 5.78 Å². The molecule has 106 valence electrons. The van der Waals surface area contributed by atoms with Crippen LogP contribution in [0.25, 0.3) is 11.0 Å². The Hall–Kier alpha value is -2.14. The van der Waals surface area contributed by atoms with E-state index in [1.54, 1.807) is 24.9 Å². The number of fused-ring (bicyclic) bond motifs is 1. The highest BCUT2D eigenvalue weighted by atomic mass is 32.2. The van der Waals surface area contributed by atoms with Crippen molar-refractivity contribution in [3.8, 4) is 0 Å². The number of Topliss-reactive ketones (excluding diaryl/α,β-unsaturated/α-hetero) is 1. The van der Waals surface area contributed by atoms with Gasteiger partial charge in [-0.1, -0.05) is 30.0 Å². The van der Waals surface area contributed by atoms with E-state index < -0.39 is 0 Å². The Morgan fingerprint density at radius 2 is 2.00 bits per heavy atom. The zero-order valence-corrected chi connectivity index (χ0v) is 12.5. The van der Waals surface area contributed by atoms with Gasteiger partial charge in [-0.25, -0.2) is 4.98 Å². The van der Waals surface area contributed by atoms with Crippen molar-refractivity contribution in [1.82, 2.24) is 14.5 Å². The minimum Gasteiger partial charge on any atom is -0.311 e. The lowest BCUT2D eigenvalue weighted by atomic mass is 10.3. The first-order chi connectivity index (χ1) is 10.2. The van der Waals surface area contributed by atoms with Crippen molar-refractivity contribution >= 4 is 28.6 Å². The van der Waals surface area contributed by atoms with Crippen molar-refractivity contribution in [2.24, 2.45) is 0 Å². The number of imidazole rings is 1. The number of hydrogen-bond donors (Lipinski definition) is 0. The summed E-state index contributed by atoms with van der Waals surface area (Å²) in [5.74, 6) is 0.861. The Labute approximate surface area is 127 Å². The predicted octanol–water partition coefficient (Wildman–Crippen LogP) is 3.31. The first-order valence-corrected chi connectivity index (χ1v) is 7.70. The molecule has 0 N–H and O–H groups in total. The normalized spacial score (nSPS) is 10.9. The second-order valence-electron chi connectivity index (χ2n) is 4.78. The van der Waals surface area contributed by atoms with E-state index in [2.05, 4.69) is 9.97 Å². The van der Waals surface area contributed by atoms with E-state index in [-0.39, 0.29) is 5.78 Å². The van der Waals surface area contributed by atoms with Crippen LogP contribution in [0.3, 0.4) is 0 Å². The monoisotopic (exact) mass is 297 g/mol. The third kappa shape index (κ3) is 3.13. The first kappa shape index (κ1) is 13.8. The third-order valence-electron chi connectivity index (χ3n) is 3.08. The fourth-order valence-corrected chi connectivity index (χ4v) is 3.09. The van der Waals surface area contributed by atoms with Gasteiger partial charge in [-0.2, -0.15) is 0 Å². The lowest BCUT2D eigenvalue weighted by Crippen LogP contribution is -2.07. The molecular weight excluding hydrogens is 282 g/mol. The second kappa shape index (κ2) is 6.10. The fraction of sp³-hybridized carbons (Fsp3) is 0.188. The number of pyridine rings is 1. The maximum atomic E-state index is 11.5. The molecular formula is C16H15N3OS. The van der Waals surface area contributed by atoms with Gasteiger partial charge in [0.15, 0.2) is 5.16 Å². The molecule has 3 rings (SSSR count). The summed E-state index contributed by atoms with van der Waals surface area (Å²) in [4.78, 5) is 20.5. The van der Waals surface area contributed by atoms with Gasteiger partial charge in [0.05, 0.1) is 23.3 Å². The molecule has 1 aromatic carbocycles. The minimum absolute atomic E-state index is 0.123. The molecule has 5 heteroatoms. The number of para-hydroxylation sites is 2. The minimum atomic E-state index is 0.123. The van der Waals surface area contributed by atoms with Gasteiger partial charge in [-0.05, 0) is 31.2 Å². The van der Waals surface area contributed by atoms with Crippen LogP contribution in [0.4, 0.5) is 0 Å². The Kier molecular flexibility index (Phi) is 4.01. The predicted molar refractivity (Wildman–Crippen MR) is 84.2 cm³/mol. The molecule has 0 unspecified atom stereocenters. The van der Waals surface area contributed by atoms with E-state index in [0.29, 0.717) is 6.54 Å². The Bertz CT molecular complexity index is 768. The topological polar surface area (TPSA) is 47.8 Å². The number of aromatic nitrogens is 3. The number of carbonyl (C=O) groups is 1. The van der Waals surface area contributed by atoms with Gasteiger partial charge >= 0.3 is 0 Å². The third-order valence-corrected chi connectivity index (χ3v) is 4.09. The highest BCUT2D eigenvalue weighted by Gasteiger charge is 2.12. The van der Waals surface area contributed by atoms with E-state index in [9.17, 15) is 4.79 Å². The summed E-state index contributed by atoms with van der Waals surface area (Å²) in [5.41, 5.74) is 2.92. The molecule has 0 amide bonds. The molecule has 0 aliphatic carbocycles. The maximum absolute atomic E-state index is 11.5. The number of thioether (sulfide) groups is 1. The zero-order chi connectivity index (χ0) is 14.7. The molecule has 0 fully saturated rings. The molecule has 2 heterocycles. The molecule has 0 radical (unpaired) electrons. The van der Waals surface area contributed by atoms with E-state index in [1.165, 1.54) is 0 Å². The lowest BCUT2D eigenvalue weighted by Gasteiger charge is -2.06. The highest BCUT2D eigenvalue weighted by Crippen LogP contribution is 2.26. The zero-order valence-electron chi connectivity index (χ0n) is 11.7. The largest absolute Gasteiger partial charge is 0.311 e. The molecule has 0 aliphatic rings. The van der Waals surface area contributed by atoms with Crippen molar-refractivity contribution in [2.75, 3.05) is 0 Å². The smallest absolute Gasteiger partial charge is 0.169 e. The van der Waals surface area contributed by atoms with Gasteiger partial charge in [0, 0.05) is 11.9 Å². The van der Waals surface area contributed by atoms with E-state index in [1.807, 2.05) is 47.0 Å².